The Bertz CT molecular complexity index is 1130. The summed E-state index contributed by atoms with van der Waals surface area (Å²) in [6, 6.07) is 11.3. The summed E-state index contributed by atoms with van der Waals surface area (Å²) in [5.41, 5.74) is 3.70. The summed E-state index contributed by atoms with van der Waals surface area (Å²) in [5.74, 6) is 0.0893. The minimum absolute atomic E-state index is 0.115. The van der Waals surface area contributed by atoms with Gasteiger partial charge >= 0.3 is 5.69 Å². The zero-order valence-corrected chi connectivity index (χ0v) is 18.6. The summed E-state index contributed by atoms with van der Waals surface area (Å²) < 4.78 is 1.76. The molecule has 0 aliphatic heterocycles. The third-order valence-electron chi connectivity index (χ3n) is 5.29. The van der Waals surface area contributed by atoms with Crippen LogP contribution >= 0.6 is 23.4 Å². The minimum atomic E-state index is -0.275. The summed E-state index contributed by atoms with van der Waals surface area (Å²) in [6.45, 7) is 0.836. The van der Waals surface area contributed by atoms with E-state index in [2.05, 4.69) is 15.3 Å². The Morgan fingerprint density at radius 1 is 1.16 bits per heavy atom. The second-order valence-electron chi connectivity index (χ2n) is 7.44. The van der Waals surface area contributed by atoms with E-state index in [4.69, 9.17) is 11.6 Å². The van der Waals surface area contributed by atoms with Crippen molar-refractivity contribution in [3.05, 3.63) is 86.7 Å². The molecule has 1 amide bonds. The fourth-order valence-electron chi connectivity index (χ4n) is 3.72. The number of carbonyl (C=O) groups is 1. The van der Waals surface area contributed by atoms with E-state index in [-0.39, 0.29) is 17.3 Å². The maximum absolute atomic E-state index is 12.8. The van der Waals surface area contributed by atoms with E-state index in [1.807, 2.05) is 30.3 Å². The Balaban J connectivity index is 1.47. The van der Waals surface area contributed by atoms with Crippen LogP contribution in [0.4, 0.5) is 0 Å². The number of carbonyl (C=O) groups excluding carboxylic acids is 1. The van der Waals surface area contributed by atoms with Gasteiger partial charge in [0.2, 0.25) is 5.91 Å². The number of rotatable bonds is 7. The van der Waals surface area contributed by atoms with Crippen LogP contribution in [0.1, 0.15) is 35.2 Å². The molecule has 160 valence electrons. The van der Waals surface area contributed by atoms with Crippen molar-refractivity contribution in [3.8, 4) is 0 Å². The first-order valence-electron chi connectivity index (χ1n) is 10.3. The summed E-state index contributed by atoms with van der Waals surface area (Å²) in [6.07, 6.45) is 7.32. The highest BCUT2D eigenvalue weighted by molar-refractivity contribution is 7.99. The van der Waals surface area contributed by atoms with Crippen LogP contribution < -0.4 is 11.0 Å². The number of benzene rings is 1. The molecule has 4 rings (SSSR count). The van der Waals surface area contributed by atoms with Gasteiger partial charge in [-0.25, -0.2) is 4.79 Å². The molecule has 1 N–H and O–H groups in total. The molecule has 6 nitrogen and oxygen atoms in total. The van der Waals surface area contributed by atoms with Gasteiger partial charge in [0, 0.05) is 35.2 Å². The SMILES string of the molecule is O=C(CSc1nc(=O)n(Cc2cccnc2)c2c1CCCC2)NCc1ccccc1Cl. The molecular formula is C23H23ClN4O2S. The molecule has 0 saturated carbocycles. The van der Waals surface area contributed by atoms with Crippen molar-refractivity contribution in [1.82, 2.24) is 19.9 Å². The van der Waals surface area contributed by atoms with Gasteiger partial charge in [0.1, 0.15) is 5.03 Å². The quantitative estimate of drug-likeness (QED) is 0.435. The largest absolute Gasteiger partial charge is 0.351 e. The Morgan fingerprint density at radius 3 is 2.81 bits per heavy atom. The maximum Gasteiger partial charge on any atom is 0.349 e. The van der Waals surface area contributed by atoms with Crippen LogP contribution in [0.5, 0.6) is 0 Å². The highest BCUT2D eigenvalue weighted by Gasteiger charge is 2.21. The highest BCUT2D eigenvalue weighted by atomic mass is 35.5. The molecule has 0 bridgehead atoms. The molecule has 0 fully saturated rings. The van der Waals surface area contributed by atoms with Crippen LogP contribution in [0.2, 0.25) is 5.02 Å². The zero-order chi connectivity index (χ0) is 21.6. The highest BCUT2D eigenvalue weighted by Crippen LogP contribution is 2.28. The zero-order valence-electron chi connectivity index (χ0n) is 17.0. The normalized spacial score (nSPS) is 12.9. The molecule has 2 heterocycles. The average Bonchev–Trinajstić information content (AvgIpc) is 2.80. The molecule has 31 heavy (non-hydrogen) atoms. The first-order valence-corrected chi connectivity index (χ1v) is 11.6. The van der Waals surface area contributed by atoms with E-state index in [0.717, 1.165) is 48.1 Å². The minimum Gasteiger partial charge on any atom is -0.351 e. The number of hydrogen-bond acceptors (Lipinski definition) is 5. The van der Waals surface area contributed by atoms with Crippen LogP contribution in [-0.2, 0) is 30.7 Å². The molecule has 1 aromatic carbocycles. The van der Waals surface area contributed by atoms with E-state index in [0.29, 0.717) is 23.1 Å². The molecule has 0 saturated heterocycles. The van der Waals surface area contributed by atoms with Gasteiger partial charge in [0.15, 0.2) is 0 Å². The second kappa shape index (κ2) is 10.1. The number of pyridine rings is 1. The summed E-state index contributed by atoms with van der Waals surface area (Å²) in [5, 5.41) is 4.19. The number of aromatic nitrogens is 3. The lowest BCUT2D eigenvalue weighted by molar-refractivity contribution is -0.118. The molecule has 3 aromatic rings. The van der Waals surface area contributed by atoms with Crippen LogP contribution in [-0.4, -0.2) is 26.2 Å². The molecule has 0 unspecified atom stereocenters. The molecule has 1 aliphatic rings. The fourth-order valence-corrected chi connectivity index (χ4v) is 4.83. The lowest BCUT2D eigenvalue weighted by Crippen LogP contribution is -2.31. The second-order valence-corrected chi connectivity index (χ2v) is 8.81. The third-order valence-corrected chi connectivity index (χ3v) is 6.67. The van der Waals surface area contributed by atoms with Crippen LogP contribution in [0, 0.1) is 0 Å². The van der Waals surface area contributed by atoms with E-state index < -0.39 is 0 Å². The summed E-state index contributed by atoms with van der Waals surface area (Å²) in [4.78, 5) is 33.7. The van der Waals surface area contributed by atoms with Crippen molar-refractivity contribution in [2.24, 2.45) is 0 Å². The van der Waals surface area contributed by atoms with Gasteiger partial charge in [-0.05, 0) is 48.9 Å². The smallest absolute Gasteiger partial charge is 0.349 e. The number of nitrogens with one attached hydrogen (secondary N) is 1. The first kappa shape index (κ1) is 21.6. The average molecular weight is 455 g/mol. The molecule has 0 spiro atoms. The van der Waals surface area contributed by atoms with Crippen LogP contribution in [0.3, 0.4) is 0 Å². The van der Waals surface area contributed by atoms with Crippen molar-refractivity contribution >= 4 is 29.3 Å². The number of amides is 1. The Labute approximate surface area is 190 Å². The van der Waals surface area contributed by atoms with Gasteiger partial charge in [-0.15, -0.1) is 0 Å². The Morgan fingerprint density at radius 2 is 2.00 bits per heavy atom. The molecular weight excluding hydrogens is 432 g/mol. The van der Waals surface area contributed by atoms with Crippen LogP contribution in [0.25, 0.3) is 0 Å². The van der Waals surface area contributed by atoms with Crippen molar-refractivity contribution in [3.63, 3.8) is 0 Å². The van der Waals surface area contributed by atoms with E-state index in [1.54, 1.807) is 23.0 Å². The third kappa shape index (κ3) is 5.35. The van der Waals surface area contributed by atoms with Gasteiger partial charge in [-0.1, -0.05) is 47.6 Å². The molecule has 0 atom stereocenters. The number of nitrogens with zero attached hydrogens (tertiary/aromatic N) is 3. The molecule has 0 radical (unpaired) electrons. The number of fused-ring (bicyclic) bond motifs is 1. The van der Waals surface area contributed by atoms with Crippen molar-refractivity contribution in [2.75, 3.05) is 5.75 Å². The summed E-state index contributed by atoms with van der Waals surface area (Å²) >= 11 is 7.47. The predicted octanol–water partition coefficient (Wildman–Crippen LogP) is 3.63. The van der Waals surface area contributed by atoms with Crippen molar-refractivity contribution in [2.45, 2.75) is 43.8 Å². The molecule has 2 aromatic heterocycles. The number of hydrogen-bond donors (Lipinski definition) is 1. The van der Waals surface area contributed by atoms with E-state index in [9.17, 15) is 9.59 Å². The van der Waals surface area contributed by atoms with Gasteiger partial charge in [0.25, 0.3) is 0 Å². The fraction of sp³-hybridized carbons (Fsp3) is 0.304. The van der Waals surface area contributed by atoms with Crippen molar-refractivity contribution in [1.29, 1.82) is 0 Å². The van der Waals surface area contributed by atoms with E-state index in [1.165, 1.54) is 11.8 Å². The van der Waals surface area contributed by atoms with Gasteiger partial charge < -0.3 is 5.32 Å². The number of thioether (sulfide) groups is 1. The number of halogens is 1. The van der Waals surface area contributed by atoms with Gasteiger partial charge in [0.05, 0.1) is 12.3 Å². The lowest BCUT2D eigenvalue weighted by Gasteiger charge is -2.22. The van der Waals surface area contributed by atoms with E-state index >= 15 is 0 Å². The van der Waals surface area contributed by atoms with Crippen LogP contribution in [0.15, 0.2) is 58.6 Å². The molecule has 8 heteroatoms. The Kier molecular flexibility index (Phi) is 7.04. The van der Waals surface area contributed by atoms with Gasteiger partial charge in [-0.3, -0.25) is 14.3 Å². The Hall–Kier alpha value is -2.64. The monoisotopic (exact) mass is 454 g/mol. The predicted molar refractivity (Wildman–Crippen MR) is 123 cm³/mol. The topological polar surface area (TPSA) is 76.9 Å². The van der Waals surface area contributed by atoms with Gasteiger partial charge in [-0.2, -0.15) is 4.98 Å². The summed E-state index contributed by atoms with van der Waals surface area (Å²) in [7, 11) is 0. The molecule has 1 aliphatic carbocycles. The van der Waals surface area contributed by atoms with Crippen molar-refractivity contribution < 1.29 is 4.79 Å². The maximum atomic E-state index is 12.8. The standard InChI is InChI=1S/C23H23ClN4O2S/c24-19-9-3-1-7-17(19)13-26-21(29)15-31-22-18-8-2-4-10-20(18)28(23(30)27-22)14-16-6-5-11-25-12-16/h1,3,5-7,9,11-12H,2,4,8,10,13-15H2,(H,26,29). The lowest BCUT2D eigenvalue weighted by atomic mass is 9.97. The first-order chi connectivity index (χ1) is 15.1.